The normalized spacial score (nSPS) is 13.1. The Balaban J connectivity index is 1.65. The van der Waals surface area contributed by atoms with Crippen molar-refractivity contribution in [2.24, 2.45) is 0 Å². The molecule has 0 saturated carbocycles. The molecule has 0 radical (unpaired) electrons. The van der Waals surface area contributed by atoms with Gasteiger partial charge in [-0.3, -0.25) is 38.5 Å². The van der Waals surface area contributed by atoms with Crippen molar-refractivity contribution in [3.63, 3.8) is 0 Å². The van der Waals surface area contributed by atoms with Crippen molar-refractivity contribution in [3.05, 3.63) is 48.0 Å². The third-order valence-electron chi connectivity index (χ3n) is 5.43. The van der Waals surface area contributed by atoms with Crippen LogP contribution in [0, 0.1) is 0 Å². The molecule has 1 heterocycles. The number of rotatable bonds is 16. The summed E-state index contributed by atoms with van der Waals surface area (Å²) in [5.41, 5.74) is 0.741. The van der Waals surface area contributed by atoms with Crippen LogP contribution in [0.15, 0.2) is 42.5 Å². The number of carboxylic acid groups (broad SMARTS) is 1. The minimum Gasteiger partial charge on any atom is -0.480 e. The average molecular weight is 530 g/mol. The second-order valence-electron chi connectivity index (χ2n) is 8.45. The van der Waals surface area contributed by atoms with Crippen LogP contribution < -0.4 is 21.3 Å². The molecule has 6 amide bonds. The Labute approximate surface area is 219 Å². The second-order valence-corrected chi connectivity index (χ2v) is 8.45. The predicted molar refractivity (Wildman–Crippen MR) is 133 cm³/mol. The minimum absolute atomic E-state index is 0.115. The zero-order chi connectivity index (χ0) is 27.9. The van der Waals surface area contributed by atoms with Gasteiger partial charge in [0.1, 0.15) is 12.6 Å². The van der Waals surface area contributed by atoms with E-state index in [0.717, 1.165) is 10.5 Å². The zero-order valence-electron chi connectivity index (χ0n) is 20.7. The quantitative estimate of drug-likeness (QED) is 0.128. The number of unbranched alkanes of at least 4 members (excludes halogenated alkanes) is 2. The Morgan fingerprint density at radius 1 is 0.763 bits per heavy atom. The highest BCUT2D eigenvalue weighted by Crippen LogP contribution is 2.07. The number of nitrogens with one attached hydrogen (secondary N) is 4. The van der Waals surface area contributed by atoms with Crippen LogP contribution in [0.5, 0.6) is 0 Å². The molecule has 13 nitrogen and oxygen atoms in total. The van der Waals surface area contributed by atoms with Gasteiger partial charge < -0.3 is 26.4 Å². The minimum atomic E-state index is -1.23. The summed E-state index contributed by atoms with van der Waals surface area (Å²) in [6, 6.07) is 7.75. The molecular weight excluding hydrogens is 498 g/mol. The molecule has 1 aliphatic heterocycles. The highest BCUT2D eigenvalue weighted by Gasteiger charge is 2.23. The molecule has 13 heteroatoms. The number of benzene rings is 1. The van der Waals surface area contributed by atoms with Crippen molar-refractivity contribution >= 4 is 41.4 Å². The van der Waals surface area contributed by atoms with Crippen molar-refractivity contribution < 1.29 is 38.7 Å². The maximum Gasteiger partial charge on any atom is 0.322 e. The summed E-state index contributed by atoms with van der Waals surface area (Å²) in [5.74, 6) is -4.24. The molecular formula is C25H31N5O8. The number of amides is 6. The summed E-state index contributed by atoms with van der Waals surface area (Å²) in [5, 5.41) is 18.3. The Bertz CT molecular complexity index is 1050. The van der Waals surface area contributed by atoms with Crippen LogP contribution in [-0.4, -0.2) is 83.6 Å². The van der Waals surface area contributed by atoms with Crippen molar-refractivity contribution in [1.82, 2.24) is 26.2 Å². The summed E-state index contributed by atoms with van der Waals surface area (Å²) in [6.45, 7) is -1.12. The van der Waals surface area contributed by atoms with Crippen molar-refractivity contribution in [2.45, 2.75) is 38.1 Å². The van der Waals surface area contributed by atoms with Gasteiger partial charge in [-0.1, -0.05) is 36.8 Å². The molecule has 1 aromatic carbocycles. The third kappa shape index (κ3) is 11.0. The molecule has 0 saturated heterocycles. The monoisotopic (exact) mass is 529 g/mol. The maximum absolute atomic E-state index is 12.4. The van der Waals surface area contributed by atoms with E-state index < -0.39 is 42.8 Å². The fourth-order valence-electron chi connectivity index (χ4n) is 3.48. The van der Waals surface area contributed by atoms with Gasteiger partial charge >= 0.3 is 5.97 Å². The number of carbonyl (C=O) groups excluding carboxylic acids is 6. The molecule has 0 fully saturated rings. The van der Waals surface area contributed by atoms with Gasteiger partial charge in [-0.15, -0.1) is 0 Å². The van der Waals surface area contributed by atoms with Crippen molar-refractivity contribution in [2.75, 3.05) is 26.2 Å². The third-order valence-corrected chi connectivity index (χ3v) is 5.43. The number of imide groups is 1. The molecule has 0 aromatic heterocycles. The highest BCUT2D eigenvalue weighted by atomic mass is 16.4. The van der Waals surface area contributed by atoms with Crippen molar-refractivity contribution in [3.8, 4) is 0 Å². The van der Waals surface area contributed by atoms with E-state index in [0.29, 0.717) is 19.3 Å². The van der Waals surface area contributed by atoms with E-state index in [1.807, 2.05) is 0 Å². The highest BCUT2D eigenvalue weighted by molar-refractivity contribution is 6.12. The van der Waals surface area contributed by atoms with Gasteiger partial charge in [0.2, 0.25) is 23.6 Å². The SMILES string of the molecule is O=C(O)CNC(=O)[C@H](Cc1ccccc1)NC(=O)CNC(=O)CNC(=O)CCCCCN1C(=O)C=CC1=O. The van der Waals surface area contributed by atoms with Crippen LogP contribution in [0.3, 0.4) is 0 Å². The summed E-state index contributed by atoms with van der Waals surface area (Å²) < 4.78 is 0. The first-order valence-electron chi connectivity index (χ1n) is 12.1. The molecule has 2 rings (SSSR count). The number of nitrogens with zero attached hydrogens (tertiary/aromatic N) is 1. The van der Waals surface area contributed by atoms with E-state index in [9.17, 15) is 33.6 Å². The molecule has 1 atom stereocenters. The molecule has 0 aliphatic carbocycles. The fourth-order valence-corrected chi connectivity index (χ4v) is 3.48. The van der Waals surface area contributed by atoms with Gasteiger partial charge in [0, 0.05) is 31.5 Å². The van der Waals surface area contributed by atoms with E-state index in [4.69, 9.17) is 5.11 Å². The predicted octanol–water partition coefficient (Wildman–Crippen LogP) is -1.37. The Hall–Kier alpha value is -4.55. The second kappa shape index (κ2) is 15.5. The molecule has 1 aromatic rings. The topological polar surface area (TPSA) is 191 Å². The fraction of sp³-hybridized carbons (Fsp3) is 0.400. The van der Waals surface area contributed by atoms with Crippen LogP contribution in [-0.2, 0) is 40.0 Å². The number of hydrogen-bond donors (Lipinski definition) is 5. The standard InChI is InChI=1S/C25H31N5O8/c31-19(9-5-2-6-12-30-22(34)10-11-23(30)35)26-14-20(32)27-15-21(33)29-18(25(38)28-16-24(36)37)13-17-7-3-1-4-8-17/h1,3-4,7-8,10-11,18H,2,5-6,9,12-16H2,(H,26,31)(H,27,32)(H,28,38)(H,29,33)(H,36,37)/t18-/m0/s1. The van der Waals surface area contributed by atoms with Crippen LogP contribution in [0.4, 0.5) is 0 Å². The van der Waals surface area contributed by atoms with Gasteiger partial charge in [-0.2, -0.15) is 0 Å². The van der Waals surface area contributed by atoms with E-state index in [1.165, 1.54) is 12.2 Å². The molecule has 38 heavy (non-hydrogen) atoms. The first kappa shape index (κ1) is 29.7. The summed E-state index contributed by atoms with van der Waals surface area (Å²) >= 11 is 0. The average Bonchev–Trinajstić information content (AvgIpc) is 3.21. The van der Waals surface area contributed by atoms with E-state index in [2.05, 4.69) is 21.3 Å². The zero-order valence-corrected chi connectivity index (χ0v) is 20.7. The number of carbonyl (C=O) groups is 7. The van der Waals surface area contributed by atoms with Gasteiger partial charge in [0.25, 0.3) is 11.8 Å². The number of carboxylic acids is 1. The summed E-state index contributed by atoms with van der Waals surface area (Å²) in [4.78, 5) is 83.4. The lowest BCUT2D eigenvalue weighted by Crippen LogP contribution is -2.51. The largest absolute Gasteiger partial charge is 0.480 e. The summed E-state index contributed by atoms with van der Waals surface area (Å²) in [7, 11) is 0. The van der Waals surface area contributed by atoms with E-state index >= 15 is 0 Å². The van der Waals surface area contributed by atoms with Crippen LogP contribution in [0.1, 0.15) is 31.2 Å². The Morgan fingerprint density at radius 2 is 1.39 bits per heavy atom. The van der Waals surface area contributed by atoms with E-state index in [-0.39, 0.29) is 43.7 Å². The van der Waals surface area contributed by atoms with Crippen molar-refractivity contribution in [1.29, 1.82) is 0 Å². The molecule has 5 N–H and O–H groups in total. The molecule has 0 unspecified atom stereocenters. The lowest BCUT2D eigenvalue weighted by atomic mass is 10.1. The smallest absolute Gasteiger partial charge is 0.322 e. The first-order chi connectivity index (χ1) is 18.2. The lowest BCUT2D eigenvalue weighted by Gasteiger charge is -2.18. The van der Waals surface area contributed by atoms with Gasteiger partial charge in [-0.25, -0.2) is 0 Å². The molecule has 0 spiro atoms. The lowest BCUT2D eigenvalue weighted by molar-refractivity contribution is -0.138. The van der Waals surface area contributed by atoms with Gasteiger partial charge in [0.15, 0.2) is 0 Å². The Morgan fingerprint density at radius 3 is 2.05 bits per heavy atom. The maximum atomic E-state index is 12.4. The van der Waals surface area contributed by atoms with E-state index in [1.54, 1.807) is 30.3 Å². The summed E-state index contributed by atoms with van der Waals surface area (Å²) in [6.07, 6.45) is 4.37. The molecule has 1 aliphatic rings. The first-order valence-corrected chi connectivity index (χ1v) is 12.1. The van der Waals surface area contributed by atoms with Crippen LogP contribution in [0.2, 0.25) is 0 Å². The molecule has 204 valence electrons. The van der Waals surface area contributed by atoms with Crippen LogP contribution >= 0.6 is 0 Å². The number of hydrogen-bond acceptors (Lipinski definition) is 7. The van der Waals surface area contributed by atoms with Gasteiger partial charge in [-0.05, 0) is 18.4 Å². The number of aliphatic carboxylic acids is 1. The van der Waals surface area contributed by atoms with Crippen LogP contribution in [0.25, 0.3) is 0 Å². The molecule has 0 bridgehead atoms. The van der Waals surface area contributed by atoms with Gasteiger partial charge in [0.05, 0.1) is 13.1 Å². The Kier molecular flexibility index (Phi) is 12.1.